The highest BCUT2D eigenvalue weighted by Crippen LogP contribution is 2.48. The lowest BCUT2D eigenvalue weighted by atomic mass is 9.83. The fourth-order valence-electron chi connectivity index (χ4n) is 3.86. The number of nitrogens with zero attached hydrogens (tertiary/aromatic N) is 1. The summed E-state index contributed by atoms with van der Waals surface area (Å²) in [6.07, 6.45) is 4.94. The van der Waals surface area contributed by atoms with Gasteiger partial charge in [0.05, 0.1) is 18.1 Å². The number of likely N-dealkylation sites (N-methyl/N-ethyl adjacent to an activating group) is 1. The first-order chi connectivity index (χ1) is 11.9. The number of rotatable bonds is 7. The highest BCUT2D eigenvalue weighted by atomic mass is 32.2. The number of carbonyl (C=O) groups is 2. The standard InChI is InChI=1S/C17H25N3O4S/c1-9(21)14-12-7-13(15(17(23)24)20(12)16(14)22)25-11-6-10(19-8-11)4-3-5-18-2/h3-4,9-12,14,18-19,21H,5-8H2,1-2H3,(H,23,24)/b4-3+/t9-,10-,11+,12-,14-/m1/s1. The van der Waals surface area contributed by atoms with Crippen LogP contribution in [-0.2, 0) is 9.59 Å². The number of β-lactam (4-membered cyclic amide) rings is 1. The molecule has 3 heterocycles. The van der Waals surface area contributed by atoms with E-state index >= 15 is 0 Å². The van der Waals surface area contributed by atoms with Gasteiger partial charge in [0.1, 0.15) is 5.70 Å². The average molecular weight is 367 g/mol. The van der Waals surface area contributed by atoms with E-state index in [9.17, 15) is 19.8 Å². The molecule has 1 amide bonds. The van der Waals surface area contributed by atoms with E-state index in [1.165, 1.54) is 4.90 Å². The van der Waals surface area contributed by atoms with Crippen molar-refractivity contribution in [1.29, 1.82) is 0 Å². The normalized spacial score (nSPS) is 33.1. The van der Waals surface area contributed by atoms with Crippen LogP contribution in [0.25, 0.3) is 0 Å². The third kappa shape index (κ3) is 3.48. The van der Waals surface area contributed by atoms with E-state index in [0.29, 0.717) is 12.5 Å². The average Bonchev–Trinajstić information content (AvgIpc) is 3.10. The summed E-state index contributed by atoms with van der Waals surface area (Å²) in [6, 6.07) is 0.0896. The maximum Gasteiger partial charge on any atom is 0.353 e. The van der Waals surface area contributed by atoms with Gasteiger partial charge in [-0.05, 0) is 20.4 Å². The first-order valence-corrected chi connectivity index (χ1v) is 9.50. The van der Waals surface area contributed by atoms with Crippen molar-refractivity contribution in [1.82, 2.24) is 15.5 Å². The molecule has 3 aliphatic rings. The number of carbonyl (C=O) groups excluding carboxylic acids is 1. The zero-order chi connectivity index (χ0) is 18.1. The van der Waals surface area contributed by atoms with E-state index in [4.69, 9.17) is 0 Å². The molecule has 5 atom stereocenters. The van der Waals surface area contributed by atoms with E-state index in [2.05, 4.69) is 22.8 Å². The van der Waals surface area contributed by atoms with Crippen LogP contribution in [0, 0.1) is 5.92 Å². The van der Waals surface area contributed by atoms with Gasteiger partial charge in [0.2, 0.25) is 5.91 Å². The quantitative estimate of drug-likeness (QED) is 0.375. The molecule has 2 fully saturated rings. The summed E-state index contributed by atoms with van der Waals surface area (Å²) in [5, 5.41) is 26.1. The molecule has 138 valence electrons. The first-order valence-electron chi connectivity index (χ1n) is 8.63. The number of aliphatic carboxylic acids is 1. The molecule has 0 bridgehead atoms. The molecule has 2 saturated heterocycles. The second kappa shape index (κ2) is 7.49. The number of carboxylic acid groups (broad SMARTS) is 1. The molecule has 25 heavy (non-hydrogen) atoms. The van der Waals surface area contributed by atoms with Crippen molar-refractivity contribution in [3.63, 3.8) is 0 Å². The molecule has 0 saturated carbocycles. The first kappa shape index (κ1) is 18.4. The highest BCUT2D eigenvalue weighted by molar-refractivity contribution is 8.03. The van der Waals surface area contributed by atoms with E-state index in [-0.39, 0.29) is 22.9 Å². The van der Waals surface area contributed by atoms with Crippen molar-refractivity contribution in [2.24, 2.45) is 5.92 Å². The molecule has 0 aliphatic carbocycles. The van der Waals surface area contributed by atoms with Crippen LogP contribution in [0.15, 0.2) is 22.8 Å². The van der Waals surface area contributed by atoms with Crippen molar-refractivity contribution in [3.8, 4) is 0 Å². The Bertz CT molecular complexity index is 619. The van der Waals surface area contributed by atoms with Gasteiger partial charge in [-0.3, -0.25) is 4.79 Å². The van der Waals surface area contributed by atoms with Crippen molar-refractivity contribution in [2.75, 3.05) is 20.1 Å². The lowest BCUT2D eigenvalue weighted by Crippen LogP contribution is -2.61. The van der Waals surface area contributed by atoms with Gasteiger partial charge < -0.3 is 25.7 Å². The van der Waals surface area contributed by atoms with Gasteiger partial charge in [0, 0.05) is 35.7 Å². The molecule has 0 aromatic carbocycles. The monoisotopic (exact) mass is 367 g/mol. The summed E-state index contributed by atoms with van der Waals surface area (Å²) in [4.78, 5) is 26.0. The molecule has 3 rings (SSSR count). The van der Waals surface area contributed by atoms with E-state index in [1.54, 1.807) is 18.7 Å². The van der Waals surface area contributed by atoms with Crippen molar-refractivity contribution in [2.45, 2.75) is 43.2 Å². The largest absolute Gasteiger partial charge is 0.477 e. The van der Waals surface area contributed by atoms with Crippen molar-refractivity contribution >= 4 is 23.6 Å². The number of hydrogen-bond acceptors (Lipinski definition) is 6. The van der Waals surface area contributed by atoms with Gasteiger partial charge >= 0.3 is 5.97 Å². The minimum absolute atomic E-state index is 0.117. The number of aliphatic hydroxyl groups is 1. The smallest absolute Gasteiger partial charge is 0.353 e. The number of amides is 1. The SMILES string of the molecule is CNC/C=C/[C@@H]1C[C@H](SC2=C(C(=O)O)N3C(=O)[C@H]([C@@H](C)O)[C@H]3C2)CN1. The van der Waals surface area contributed by atoms with Crippen LogP contribution in [0.3, 0.4) is 0 Å². The van der Waals surface area contributed by atoms with Crippen molar-refractivity contribution < 1.29 is 19.8 Å². The van der Waals surface area contributed by atoms with Gasteiger partial charge in [-0.2, -0.15) is 0 Å². The Kier molecular flexibility index (Phi) is 5.52. The summed E-state index contributed by atoms with van der Waals surface area (Å²) in [5.74, 6) is -1.81. The summed E-state index contributed by atoms with van der Waals surface area (Å²) in [6.45, 7) is 3.23. The predicted molar refractivity (Wildman–Crippen MR) is 95.9 cm³/mol. The second-order valence-electron chi connectivity index (χ2n) is 6.80. The van der Waals surface area contributed by atoms with Crippen LogP contribution in [0.5, 0.6) is 0 Å². The van der Waals surface area contributed by atoms with Crippen LogP contribution >= 0.6 is 11.8 Å². The van der Waals surface area contributed by atoms with Gasteiger partial charge in [-0.25, -0.2) is 4.79 Å². The molecule has 8 heteroatoms. The minimum atomic E-state index is -1.06. The number of fused-ring (bicyclic) bond motifs is 1. The third-order valence-electron chi connectivity index (χ3n) is 5.01. The Morgan fingerprint density at radius 3 is 2.96 bits per heavy atom. The Hall–Kier alpha value is -1.35. The van der Waals surface area contributed by atoms with Crippen LogP contribution in [0.1, 0.15) is 19.8 Å². The maximum atomic E-state index is 12.2. The Balaban J connectivity index is 1.66. The lowest BCUT2D eigenvalue weighted by molar-refractivity contribution is -0.161. The molecule has 3 aliphatic heterocycles. The minimum Gasteiger partial charge on any atom is -0.477 e. The van der Waals surface area contributed by atoms with Crippen LogP contribution < -0.4 is 10.6 Å². The van der Waals surface area contributed by atoms with E-state index < -0.39 is 18.0 Å². The maximum absolute atomic E-state index is 12.2. The molecule has 7 nitrogen and oxygen atoms in total. The fourth-order valence-corrected chi connectivity index (χ4v) is 5.31. The number of aliphatic hydroxyl groups excluding tert-OH is 1. The summed E-state index contributed by atoms with van der Waals surface area (Å²) in [7, 11) is 1.90. The van der Waals surface area contributed by atoms with Crippen LogP contribution in [0.4, 0.5) is 0 Å². The topological polar surface area (TPSA) is 102 Å². The molecular formula is C17H25N3O4S. The van der Waals surface area contributed by atoms with Gasteiger partial charge in [0.25, 0.3) is 0 Å². The zero-order valence-electron chi connectivity index (χ0n) is 14.4. The molecule has 0 radical (unpaired) electrons. The lowest BCUT2D eigenvalue weighted by Gasteiger charge is -2.44. The fraction of sp³-hybridized carbons (Fsp3) is 0.647. The van der Waals surface area contributed by atoms with Crippen LogP contribution in [-0.4, -0.2) is 70.6 Å². The molecule has 4 N–H and O–H groups in total. The third-order valence-corrected chi connectivity index (χ3v) is 6.35. The van der Waals surface area contributed by atoms with E-state index in [1.807, 2.05) is 7.05 Å². The molecule has 0 aromatic rings. The summed E-state index contributed by atoms with van der Waals surface area (Å²) < 4.78 is 0. The number of nitrogens with one attached hydrogen (secondary N) is 2. The van der Waals surface area contributed by atoms with Crippen molar-refractivity contribution in [3.05, 3.63) is 22.8 Å². The van der Waals surface area contributed by atoms with E-state index in [0.717, 1.165) is 24.4 Å². The van der Waals surface area contributed by atoms with Gasteiger partial charge in [0.15, 0.2) is 0 Å². The zero-order valence-corrected chi connectivity index (χ0v) is 15.3. The van der Waals surface area contributed by atoms with Gasteiger partial charge in [-0.15, -0.1) is 11.8 Å². The number of carboxylic acids is 1. The van der Waals surface area contributed by atoms with Crippen LogP contribution in [0.2, 0.25) is 0 Å². The Labute approximate surface area is 151 Å². The second-order valence-corrected chi connectivity index (χ2v) is 8.19. The molecular weight excluding hydrogens is 342 g/mol. The predicted octanol–water partition coefficient (Wildman–Crippen LogP) is 0.133. The highest BCUT2D eigenvalue weighted by Gasteiger charge is 2.57. The van der Waals surface area contributed by atoms with Gasteiger partial charge in [-0.1, -0.05) is 12.2 Å². The summed E-state index contributed by atoms with van der Waals surface area (Å²) in [5.41, 5.74) is 0.117. The number of thioether (sulfide) groups is 1. The molecule has 0 unspecified atom stereocenters. The Morgan fingerprint density at radius 1 is 1.56 bits per heavy atom. The summed E-state index contributed by atoms with van der Waals surface area (Å²) >= 11 is 1.57. The Morgan fingerprint density at radius 2 is 2.32 bits per heavy atom. The molecule has 0 spiro atoms. The number of hydrogen-bond donors (Lipinski definition) is 4. The molecule has 0 aromatic heterocycles.